The number of allylic oxidation sites excluding steroid dienone is 1. The van der Waals surface area contributed by atoms with E-state index >= 15 is 0 Å². The van der Waals surface area contributed by atoms with Gasteiger partial charge in [-0.25, -0.2) is 17.6 Å². The highest BCUT2D eigenvalue weighted by Gasteiger charge is 2.43. The number of piperidine rings is 1. The Morgan fingerprint density at radius 2 is 1.83 bits per heavy atom. The number of alkyl halides is 1. The molecule has 2 aromatic rings. The molecule has 12 heteroatoms. The third kappa shape index (κ3) is 6.15. The lowest BCUT2D eigenvalue weighted by Crippen LogP contribution is -2.54. The lowest BCUT2D eigenvalue weighted by Gasteiger charge is -2.43. The number of nitriles is 2. The average Bonchev–Trinajstić information content (AvgIpc) is 2.98. The number of aliphatic hydroxyl groups excluding tert-OH is 1. The van der Waals surface area contributed by atoms with Crippen molar-refractivity contribution in [3.05, 3.63) is 70.4 Å². The van der Waals surface area contributed by atoms with Gasteiger partial charge in [0, 0.05) is 31.6 Å². The van der Waals surface area contributed by atoms with Crippen molar-refractivity contribution in [3.63, 3.8) is 0 Å². The lowest BCUT2D eigenvalue weighted by molar-refractivity contribution is -0.133. The molecule has 0 saturated carbocycles. The number of sulfone groups is 1. The van der Waals surface area contributed by atoms with E-state index in [1.165, 1.54) is 34.1 Å². The van der Waals surface area contributed by atoms with Crippen LogP contribution >= 0.6 is 0 Å². The van der Waals surface area contributed by atoms with Crippen LogP contribution in [0.3, 0.4) is 0 Å². The first kappa shape index (κ1) is 30.7. The standard InChI is InChI=1S/C30H32FN5O5S/c1-20-26(18-33)29(25-7-6-23(17-32)15-27(25)42(2,40)41)35(19-28(38)34-11-8-21(9-12-34)10-13-37)30(39)36(20)24-5-3-4-22(14-24)16-31/h3-7,14-15,21,29,37H,8-13,16,19H2,1-2H3/t29-/m1/s1. The summed E-state index contributed by atoms with van der Waals surface area (Å²) in [4.78, 5) is 31.7. The SMILES string of the molecule is CC1=C(C#N)[C@@H](c2ccc(C#N)cc2S(C)(=O)=O)N(CC(=O)N2CCC(CCO)CC2)C(=O)N1c1cccc(CF)c1. The van der Waals surface area contributed by atoms with E-state index in [1.54, 1.807) is 30.0 Å². The second-order valence-corrected chi connectivity index (χ2v) is 12.5. The van der Waals surface area contributed by atoms with Gasteiger partial charge in [-0.2, -0.15) is 10.5 Å². The van der Waals surface area contributed by atoms with Crippen LogP contribution in [0.2, 0.25) is 0 Å². The molecule has 0 aliphatic carbocycles. The fourth-order valence-electron chi connectivity index (χ4n) is 5.61. The molecule has 1 atom stereocenters. The van der Waals surface area contributed by atoms with Gasteiger partial charge < -0.3 is 14.9 Å². The van der Waals surface area contributed by atoms with Crippen molar-refractivity contribution < 1.29 is 27.5 Å². The molecule has 42 heavy (non-hydrogen) atoms. The summed E-state index contributed by atoms with van der Waals surface area (Å²) in [7, 11) is -3.93. The first-order valence-corrected chi connectivity index (χ1v) is 15.4. The van der Waals surface area contributed by atoms with Crippen molar-refractivity contribution in [2.75, 3.05) is 37.4 Å². The van der Waals surface area contributed by atoms with E-state index in [1.807, 2.05) is 6.07 Å². The van der Waals surface area contributed by atoms with Gasteiger partial charge in [-0.1, -0.05) is 18.2 Å². The molecule has 0 aromatic heterocycles. The Balaban J connectivity index is 1.85. The number of hydrogen-bond donors (Lipinski definition) is 1. The molecule has 0 unspecified atom stereocenters. The summed E-state index contributed by atoms with van der Waals surface area (Å²) in [6.45, 7) is 1.25. The molecule has 2 aliphatic heterocycles. The summed E-state index contributed by atoms with van der Waals surface area (Å²) < 4.78 is 39.3. The first-order valence-electron chi connectivity index (χ1n) is 13.5. The summed E-state index contributed by atoms with van der Waals surface area (Å²) in [6, 6.07) is 12.3. The number of halogens is 1. The Kier molecular flexibility index (Phi) is 9.30. The molecular formula is C30H32FN5O5S. The number of carbonyl (C=O) groups excluding carboxylic acids is 2. The number of hydrogen-bond acceptors (Lipinski definition) is 7. The number of rotatable bonds is 8. The minimum Gasteiger partial charge on any atom is -0.396 e. The van der Waals surface area contributed by atoms with Crippen LogP contribution in [-0.2, 0) is 21.3 Å². The molecule has 1 saturated heterocycles. The Morgan fingerprint density at radius 3 is 2.43 bits per heavy atom. The maximum Gasteiger partial charge on any atom is 0.330 e. The van der Waals surface area contributed by atoms with Gasteiger partial charge >= 0.3 is 6.03 Å². The minimum atomic E-state index is -3.93. The van der Waals surface area contributed by atoms with Crippen LogP contribution in [0.25, 0.3) is 0 Å². The molecule has 0 radical (unpaired) electrons. The highest BCUT2D eigenvalue weighted by atomic mass is 32.2. The molecule has 1 fully saturated rings. The van der Waals surface area contributed by atoms with E-state index in [0.29, 0.717) is 43.6 Å². The van der Waals surface area contributed by atoms with Crippen molar-refractivity contribution in [1.29, 1.82) is 10.5 Å². The Morgan fingerprint density at radius 1 is 1.12 bits per heavy atom. The maximum absolute atomic E-state index is 14.2. The number of likely N-dealkylation sites (tertiary alicyclic amines) is 1. The largest absolute Gasteiger partial charge is 0.396 e. The molecule has 2 aromatic carbocycles. The van der Waals surface area contributed by atoms with Crippen molar-refractivity contribution in [3.8, 4) is 12.1 Å². The van der Waals surface area contributed by atoms with E-state index in [0.717, 1.165) is 6.26 Å². The van der Waals surface area contributed by atoms with Crippen molar-refractivity contribution >= 4 is 27.5 Å². The second-order valence-electron chi connectivity index (χ2n) is 10.5. The molecule has 0 spiro atoms. The van der Waals surface area contributed by atoms with Crippen LogP contribution in [0, 0.1) is 28.6 Å². The van der Waals surface area contributed by atoms with Crippen LogP contribution in [0.5, 0.6) is 0 Å². The first-order chi connectivity index (χ1) is 20.0. The van der Waals surface area contributed by atoms with Gasteiger partial charge in [0.15, 0.2) is 9.84 Å². The summed E-state index contributed by atoms with van der Waals surface area (Å²) >= 11 is 0. The van der Waals surface area contributed by atoms with E-state index in [9.17, 15) is 38.0 Å². The zero-order valence-corrected chi connectivity index (χ0v) is 24.3. The number of nitrogens with zero attached hydrogens (tertiary/aromatic N) is 5. The van der Waals surface area contributed by atoms with Gasteiger partial charge in [0.1, 0.15) is 13.2 Å². The molecule has 4 rings (SSSR count). The molecule has 2 aliphatic rings. The van der Waals surface area contributed by atoms with Crippen LogP contribution < -0.4 is 4.90 Å². The number of aliphatic hydroxyl groups is 1. The Bertz CT molecular complexity index is 1600. The lowest BCUT2D eigenvalue weighted by atomic mass is 9.92. The Hall–Kier alpha value is -4.26. The van der Waals surface area contributed by atoms with Crippen LogP contribution in [0.15, 0.2) is 58.6 Å². The fraction of sp³-hybridized carbons (Fsp3) is 0.400. The van der Waals surface area contributed by atoms with Gasteiger partial charge in [-0.05, 0) is 67.5 Å². The predicted octanol–water partition coefficient (Wildman–Crippen LogP) is 3.83. The molecule has 220 valence electrons. The fourth-order valence-corrected chi connectivity index (χ4v) is 6.56. The normalized spacial score (nSPS) is 18.2. The third-order valence-electron chi connectivity index (χ3n) is 7.84. The summed E-state index contributed by atoms with van der Waals surface area (Å²) in [6.07, 6.45) is 3.01. The van der Waals surface area contributed by atoms with E-state index in [2.05, 4.69) is 6.07 Å². The van der Waals surface area contributed by atoms with Crippen LogP contribution in [0.1, 0.15) is 48.9 Å². The second kappa shape index (κ2) is 12.7. The van der Waals surface area contributed by atoms with Gasteiger partial charge in [0.25, 0.3) is 0 Å². The van der Waals surface area contributed by atoms with Crippen molar-refractivity contribution in [2.24, 2.45) is 5.92 Å². The maximum atomic E-state index is 14.2. The van der Waals surface area contributed by atoms with Gasteiger partial charge in [0.05, 0.1) is 39.9 Å². The minimum absolute atomic E-state index is 0.0318. The molecule has 3 amide bonds. The number of benzene rings is 2. The quantitative estimate of drug-likeness (QED) is 0.489. The van der Waals surface area contributed by atoms with Crippen LogP contribution in [-0.4, -0.2) is 67.8 Å². The topological polar surface area (TPSA) is 146 Å². The van der Waals surface area contributed by atoms with Crippen molar-refractivity contribution in [2.45, 2.75) is 43.8 Å². The molecule has 2 heterocycles. The monoisotopic (exact) mass is 593 g/mol. The highest BCUT2D eigenvalue weighted by molar-refractivity contribution is 7.90. The summed E-state index contributed by atoms with van der Waals surface area (Å²) in [5.74, 6) is -0.0897. The third-order valence-corrected chi connectivity index (χ3v) is 8.99. The van der Waals surface area contributed by atoms with Crippen molar-refractivity contribution in [1.82, 2.24) is 9.80 Å². The van der Waals surface area contributed by atoms with Crippen LogP contribution in [0.4, 0.5) is 14.9 Å². The molecule has 1 N–H and O–H groups in total. The molecular weight excluding hydrogens is 561 g/mol. The average molecular weight is 594 g/mol. The smallest absolute Gasteiger partial charge is 0.330 e. The highest BCUT2D eigenvalue weighted by Crippen LogP contribution is 2.41. The summed E-state index contributed by atoms with van der Waals surface area (Å²) in [5.41, 5.74) is 1.02. The Labute approximate surface area is 244 Å². The van der Waals surface area contributed by atoms with E-state index < -0.39 is 35.1 Å². The van der Waals surface area contributed by atoms with E-state index in [-0.39, 0.29) is 45.7 Å². The van der Waals surface area contributed by atoms with Gasteiger partial charge in [0.2, 0.25) is 5.91 Å². The zero-order valence-electron chi connectivity index (χ0n) is 23.5. The number of amides is 3. The van der Waals surface area contributed by atoms with E-state index in [4.69, 9.17) is 0 Å². The molecule has 0 bridgehead atoms. The molecule has 10 nitrogen and oxygen atoms in total. The van der Waals surface area contributed by atoms with Gasteiger partial charge in [-0.3, -0.25) is 9.69 Å². The number of urea groups is 1. The predicted molar refractivity (Wildman–Crippen MR) is 152 cm³/mol. The van der Waals surface area contributed by atoms with Gasteiger partial charge in [-0.15, -0.1) is 0 Å². The zero-order chi connectivity index (χ0) is 30.6. The summed E-state index contributed by atoms with van der Waals surface area (Å²) in [5, 5.41) is 29.1. The number of anilines is 1. The number of carbonyl (C=O) groups is 2.